The van der Waals surface area contributed by atoms with Crippen LogP contribution in [0.3, 0.4) is 0 Å². The van der Waals surface area contributed by atoms with Crippen molar-refractivity contribution in [1.29, 1.82) is 0 Å². The van der Waals surface area contributed by atoms with Gasteiger partial charge in [0.25, 0.3) is 0 Å². The zero-order valence-electron chi connectivity index (χ0n) is 20.5. The summed E-state index contributed by atoms with van der Waals surface area (Å²) in [5, 5.41) is 10.6. The van der Waals surface area contributed by atoms with Gasteiger partial charge in [-0.3, -0.25) is 0 Å². The Morgan fingerprint density at radius 2 is 1.00 bits per heavy atom. The third kappa shape index (κ3) is 25.4. The summed E-state index contributed by atoms with van der Waals surface area (Å²) in [5.41, 5.74) is 0. The Bertz CT molecular complexity index is 392. The monoisotopic (exact) mass is 447 g/mol. The summed E-state index contributed by atoms with van der Waals surface area (Å²) in [6.45, 7) is 7.52. The van der Waals surface area contributed by atoms with Crippen LogP contribution in [-0.4, -0.2) is 90.5 Å². The maximum absolute atomic E-state index is 10.6. The fourth-order valence-electron chi connectivity index (χ4n) is 3.19. The van der Waals surface area contributed by atoms with Gasteiger partial charge in [0.2, 0.25) is 0 Å². The lowest BCUT2D eigenvalue weighted by molar-refractivity contribution is -0.885. The van der Waals surface area contributed by atoms with E-state index in [0.717, 1.165) is 13.0 Å². The second kappa shape index (κ2) is 22.5. The van der Waals surface area contributed by atoms with Gasteiger partial charge < -0.3 is 33.3 Å². The molecule has 0 saturated carbocycles. The highest BCUT2D eigenvalue weighted by Gasteiger charge is 2.14. The van der Waals surface area contributed by atoms with E-state index in [1.165, 1.54) is 57.8 Å². The molecule has 0 radical (unpaired) electrons. The van der Waals surface area contributed by atoms with Crippen LogP contribution < -0.4 is 5.11 Å². The zero-order valence-corrected chi connectivity index (χ0v) is 20.5. The molecule has 0 atom stereocenters. The van der Waals surface area contributed by atoms with Crippen LogP contribution >= 0.6 is 0 Å². The maximum atomic E-state index is 10.6. The molecule has 0 aromatic carbocycles. The highest BCUT2D eigenvalue weighted by molar-refractivity contribution is 5.65. The van der Waals surface area contributed by atoms with Gasteiger partial charge >= 0.3 is 0 Å². The molecule has 0 bridgehead atoms. The van der Waals surface area contributed by atoms with Crippen molar-refractivity contribution in [2.75, 3.05) is 80.0 Å². The third-order valence-corrected chi connectivity index (χ3v) is 5.16. The molecule has 0 saturated heterocycles. The van der Waals surface area contributed by atoms with E-state index in [-0.39, 0.29) is 6.54 Å². The van der Waals surface area contributed by atoms with Crippen molar-refractivity contribution in [1.82, 2.24) is 0 Å². The molecule has 0 spiro atoms. The number of ether oxygens (including phenoxy) is 4. The second-order valence-electron chi connectivity index (χ2n) is 8.82. The minimum atomic E-state index is -1.04. The number of hydrogen-bond acceptors (Lipinski definition) is 6. The number of unbranched alkanes of at least 4 members (excludes halogenated alkanes) is 9. The largest absolute Gasteiger partial charge is 0.544 e. The smallest absolute Gasteiger partial charge is 0.119 e. The minimum absolute atomic E-state index is 0.0137. The van der Waals surface area contributed by atoms with Gasteiger partial charge in [0, 0.05) is 6.61 Å². The Kier molecular flexibility index (Phi) is 21.9. The first-order valence-corrected chi connectivity index (χ1v) is 12.3. The van der Waals surface area contributed by atoms with Gasteiger partial charge in [0.1, 0.15) is 13.1 Å². The summed E-state index contributed by atoms with van der Waals surface area (Å²) in [4.78, 5) is 10.6. The first-order chi connectivity index (χ1) is 15.0. The molecule has 0 aliphatic heterocycles. The van der Waals surface area contributed by atoms with Crippen molar-refractivity contribution in [2.45, 2.75) is 71.1 Å². The van der Waals surface area contributed by atoms with Crippen molar-refractivity contribution < 1.29 is 33.3 Å². The highest BCUT2D eigenvalue weighted by atomic mass is 16.6. The van der Waals surface area contributed by atoms with Crippen LogP contribution in [0.15, 0.2) is 0 Å². The van der Waals surface area contributed by atoms with Crippen molar-refractivity contribution in [3.8, 4) is 0 Å². The molecule has 0 N–H and O–H groups in total. The number of carboxylic acid groups (broad SMARTS) is 1. The lowest BCUT2D eigenvalue weighted by Gasteiger charge is -2.29. The van der Waals surface area contributed by atoms with Crippen molar-refractivity contribution in [2.24, 2.45) is 0 Å². The molecule has 0 rings (SSSR count). The Hall–Kier alpha value is -0.730. The van der Waals surface area contributed by atoms with Crippen molar-refractivity contribution in [3.63, 3.8) is 0 Å². The molecule has 0 aliphatic rings. The van der Waals surface area contributed by atoms with Crippen LogP contribution in [0.4, 0.5) is 0 Å². The van der Waals surface area contributed by atoms with Gasteiger partial charge in [-0.15, -0.1) is 0 Å². The highest BCUT2D eigenvalue weighted by Crippen LogP contribution is 2.10. The molecule has 0 fully saturated rings. The number of hydrogen-bond donors (Lipinski definition) is 0. The van der Waals surface area contributed by atoms with Crippen LogP contribution in [-0.2, 0) is 23.7 Å². The summed E-state index contributed by atoms with van der Waals surface area (Å²) in [7, 11) is 3.68. The number of carbonyl (C=O) groups is 1. The molecule has 7 nitrogen and oxygen atoms in total. The fraction of sp³-hybridized carbons (Fsp3) is 0.958. The number of likely N-dealkylation sites (N-methyl/N-ethyl adjacent to an activating group) is 1. The molecule has 7 heteroatoms. The molecule has 0 unspecified atom stereocenters. The van der Waals surface area contributed by atoms with Crippen LogP contribution in [0.5, 0.6) is 0 Å². The normalized spacial score (nSPS) is 11.8. The van der Waals surface area contributed by atoms with Gasteiger partial charge in [-0.1, -0.05) is 64.7 Å². The molecule has 0 aromatic heterocycles. The summed E-state index contributed by atoms with van der Waals surface area (Å²) < 4.78 is 22.4. The van der Waals surface area contributed by atoms with Crippen molar-refractivity contribution >= 4 is 5.97 Å². The molecular weight excluding hydrogens is 398 g/mol. The van der Waals surface area contributed by atoms with E-state index in [9.17, 15) is 9.90 Å². The number of carbonyl (C=O) groups excluding carboxylic acids is 1. The van der Waals surface area contributed by atoms with Crippen LogP contribution in [0.2, 0.25) is 0 Å². The first-order valence-electron chi connectivity index (χ1n) is 12.3. The molecule has 186 valence electrons. The molecular formula is C24H49NO6. The maximum Gasteiger partial charge on any atom is 0.119 e. The van der Waals surface area contributed by atoms with E-state index < -0.39 is 5.97 Å². The van der Waals surface area contributed by atoms with Crippen LogP contribution in [0.1, 0.15) is 71.1 Å². The molecule has 0 heterocycles. The molecule has 0 aliphatic carbocycles. The zero-order chi connectivity index (χ0) is 23.0. The van der Waals surface area contributed by atoms with E-state index in [1.807, 2.05) is 14.1 Å². The minimum Gasteiger partial charge on any atom is -0.544 e. The summed E-state index contributed by atoms with van der Waals surface area (Å²) in [6.07, 6.45) is 13.4. The lowest BCUT2D eigenvalue weighted by Crippen LogP contribution is -2.49. The fourth-order valence-corrected chi connectivity index (χ4v) is 3.19. The number of nitrogens with zero attached hydrogens (tertiary/aromatic N) is 1. The Balaban J connectivity index is 3.13. The average molecular weight is 448 g/mol. The molecule has 31 heavy (non-hydrogen) atoms. The van der Waals surface area contributed by atoms with E-state index in [4.69, 9.17) is 18.9 Å². The van der Waals surface area contributed by atoms with Crippen LogP contribution in [0, 0.1) is 0 Å². The summed E-state index contributed by atoms with van der Waals surface area (Å²) in [5.74, 6) is -1.04. The Morgan fingerprint density at radius 3 is 1.45 bits per heavy atom. The van der Waals surface area contributed by atoms with Gasteiger partial charge in [0.15, 0.2) is 0 Å². The van der Waals surface area contributed by atoms with Gasteiger partial charge in [-0.2, -0.15) is 0 Å². The van der Waals surface area contributed by atoms with Crippen molar-refractivity contribution in [3.05, 3.63) is 0 Å². The topological polar surface area (TPSA) is 77.0 Å². The molecule has 0 amide bonds. The average Bonchev–Trinajstić information content (AvgIpc) is 2.70. The Morgan fingerprint density at radius 1 is 0.613 bits per heavy atom. The second-order valence-corrected chi connectivity index (χ2v) is 8.82. The first kappa shape index (κ1) is 30.3. The quantitative estimate of drug-likeness (QED) is 0.158. The third-order valence-electron chi connectivity index (χ3n) is 5.16. The Labute approximate surface area is 191 Å². The predicted molar refractivity (Wildman–Crippen MR) is 122 cm³/mol. The van der Waals surface area contributed by atoms with E-state index in [2.05, 4.69) is 6.92 Å². The van der Waals surface area contributed by atoms with E-state index in [0.29, 0.717) is 57.3 Å². The SMILES string of the molecule is CCCCCCCCCCCCOCCOCCOCCOCC[N+](C)(C)CC(=O)[O-]. The van der Waals surface area contributed by atoms with Gasteiger partial charge in [0.05, 0.1) is 66.3 Å². The standard InChI is InChI=1S/C24H49NO6/c1-4-5-6-7-8-9-10-11-12-13-15-28-17-19-30-21-22-31-20-18-29-16-14-25(2,3)23-24(26)27/h4-23H2,1-3H3. The van der Waals surface area contributed by atoms with Gasteiger partial charge in [-0.25, -0.2) is 0 Å². The summed E-state index contributed by atoms with van der Waals surface area (Å²) >= 11 is 0. The number of carboxylic acids is 1. The lowest BCUT2D eigenvalue weighted by atomic mass is 10.1. The number of aliphatic carboxylic acids is 1. The van der Waals surface area contributed by atoms with Gasteiger partial charge in [-0.05, 0) is 6.42 Å². The number of quaternary nitrogens is 1. The van der Waals surface area contributed by atoms with Crippen LogP contribution in [0.25, 0.3) is 0 Å². The van der Waals surface area contributed by atoms with E-state index >= 15 is 0 Å². The summed E-state index contributed by atoms with van der Waals surface area (Å²) in [6, 6.07) is 0. The van der Waals surface area contributed by atoms with E-state index in [1.54, 1.807) is 0 Å². The number of rotatable bonds is 25. The predicted octanol–water partition coefficient (Wildman–Crippen LogP) is 2.80. The molecule has 0 aromatic rings.